The third-order valence-corrected chi connectivity index (χ3v) is 7.20. The number of nitrogens with one attached hydrogen (secondary N) is 2. The van der Waals surface area contributed by atoms with Gasteiger partial charge in [-0.15, -0.1) is 0 Å². The van der Waals surface area contributed by atoms with Gasteiger partial charge in [0.25, 0.3) is 0 Å². The highest BCUT2D eigenvalue weighted by molar-refractivity contribution is 7.99. The number of hydrogen-bond donors (Lipinski definition) is 2. The Balaban J connectivity index is 1.64. The van der Waals surface area contributed by atoms with E-state index in [1.165, 1.54) is 50.3 Å². The molecule has 2 saturated heterocycles. The van der Waals surface area contributed by atoms with Crippen molar-refractivity contribution >= 4 is 17.7 Å². The molecule has 0 aromatic carbocycles. The highest BCUT2D eigenvalue weighted by atomic mass is 32.2. The highest BCUT2D eigenvalue weighted by Gasteiger charge is 2.43. The zero-order chi connectivity index (χ0) is 16.9. The van der Waals surface area contributed by atoms with Gasteiger partial charge in [-0.1, -0.05) is 12.8 Å². The average molecular weight is 356 g/mol. The number of amides is 1. The smallest absolute Gasteiger partial charge is 0.228 e. The molecule has 0 aromatic rings. The van der Waals surface area contributed by atoms with Gasteiger partial charge in [0.05, 0.1) is 12.0 Å². The molecule has 138 valence electrons. The fourth-order valence-corrected chi connectivity index (χ4v) is 5.63. The molecule has 24 heavy (non-hydrogen) atoms. The molecule has 0 unspecified atom stereocenters. The van der Waals surface area contributed by atoms with Crippen LogP contribution >= 0.6 is 11.8 Å². The van der Waals surface area contributed by atoms with Gasteiger partial charge in [-0.3, -0.25) is 9.69 Å². The van der Waals surface area contributed by atoms with Crippen LogP contribution in [0.15, 0.2) is 0 Å². The summed E-state index contributed by atoms with van der Waals surface area (Å²) in [4.78, 5) is 15.7. The van der Waals surface area contributed by atoms with E-state index < -0.39 is 0 Å². The molecule has 2 aliphatic heterocycles. The van der Waals surface area contributed by atoms with Crippen LogP contribution in [0.1, 0.15) is 38.5 Å². The van der Waals surface area contributed by atoms with Gasteiger partial charge in [0.1, 0.15) is 0 Å². The van der Waals surface area contributed by atoms with Gasteiger partial charge in [0, 0.05) is 43.8 Å². The summed E-state index contributed by atoms with van der Waals surface area (Å²) < 4.78 is 5.42. The number of thioether (sulfide) groups is 1. The zero-order valence-electron chi connectivity index (χ0n) is 15.1. The van der Waals surface area contributed by atoms with E-state index in [0.29, 0.717) is 6.61 Å². The van der Waals surface area contributed by atoms with Crippen molar-refractivity contribution in [1.29, 1.82) is 0 Å². The van der Waals surface area contributed by atoms with E-state index in [-0.39, 0.29) is 16.9 Å². The van der Waals surface area contributed by atoms with E-state index >= 15 is 0 Å². The van der Waals surface area contributed by atoms with E-state index in [1.54, 1.807) is 7.11 Å². The maximum atomic E-state index is 13.1. The summed E-state index contributed by atoms with van der Waals surface area (Å²) in [6.07, 6.45) is 6.81. The highest BCUT2D eigenvalue weighted by Crippen LogP contribution is 2.37. The molecule has 3 rings (SSSR count). The van der Waals surface area contributed by atoms with E-state index in [9.17, 15) is 4.79 Å². The minimum absolute atomic E-state index is 0.206. The first-order valence-corrected chi connectivity index (χ1v) is 10.7. The molecule has 2 heterocycles. The fraction of sp³-hybridized carbons (Fsp3) is 0.944. The molecule has 0 atom stereocenters. The Kier molecular flexibility index (Phi) is 6.46. The predicted octanol–water partition coefficient (Wildman–Crippen LogP) is 1.48. The van der Waals surface area contributed by atoms with Crippen molar-refractivity contribution in [2.24, 2.45) is 5.41 Å². The molecule has 3 aliphatic rings. The first-order valence-electron chi connectivity index (χ1n) is 9.52. The van der Waals surface area contributed by atoms with Gasteiger partial charge in [-0.05, 0) is 38.8 Å². The quantitative estimate of drug-likeness (QED) is 0.756. The topological polar surface area (TPSA) is 53.6 Å². The monoisotopic (exact) mass is 355 g/mol. The van der Waals surface area contributed by atoms with Gasteiger partial charge in [0.2, 0.25) is 5.91 Å². The molecule has 1 aliphatic carbocycles. The summed E-state index contributed by atoms with van der Waals surface area (Å²) in [6, 6.07) is 0. The summed E-state index contributed by atoms with van der Waals surface area (Å²) in [5.41, 5.74) is -0.130. The number of hydrogen-bond acceptors (Lipinski definition) is 5. The molecule has 2 N–H and O–H groups in total. The second-order valence-corrected chi connectivity index (χ2v) is 8.90. The van der Waals surface area contributed by atoms with Crippen molar-refractivity contribution in [1.82, 2.24) is 15.5 Å². The normalized spacial score (nSPS) is 27.0. The van der Waals surface area contributed by atoms with Crippen LogP contribution < -0.4 is 10.6 Å². The standard InChI is InChI=1S/C18H33N3O2S/c1-23-15-17(6-8-19-9-7-17)16(22)20-14-18(4-2-3-5-18)21-10-12-24-13-11-21/h19H,2-15H2,1H3,(H,20,22). The molecule has 0 aromatic heterocycles. The van der Waals surface area contributed by atoms with Gasteiger partial charge in [-0.25, -0.2) is 0 Å². The number of nitrogens with zero attached hydrogens (tertiary/aromatic N) is 1. The van der Waals surface area contributed by atoms with Gasteiger partial charge < -0.3 is 15.4 Å². The van der Waals surface area contributed by atoms with Crippen LogP contribution in [0.2, 0.25) is 0 Å². The number of methoxy groups -OCH3 is 1. The minimum atomic E-state index is -0.336. The maximum Gasteiger partial charge on any atom is 0.228 e. The minimum Gasteiger partial charge on any atom is -0.384 e. The summed E-state index contributed by atoms with van der Waals surface area (Å²) in [7, 11) is 1.71. The van der Waals surface area contributed by atoms with E-state index in [0.717, 1.165) is 32.5 Å². The molecule has 6 heteroatoms. The summed E-state index contributed by atoms with van der Waals surface area (Å²) in [5.74, 6) is 2.67. The van der Waals surface area contributed by atoms with Crippen LogP contribution in [-0.2, 0) is 9.53 Å². The van der Waals surface area contributed by atoms with Crippen molar-refractivity contribution in [3.63, 3.8) is 0 Å². The Bertz CT molecular complexity index is 409. The molecule has 3 fully saturated rings. The summed E-state index contributed by atoms with van der Waals surface area (Å²) in [6.45, 7) is 5.52. The third-order valence-electron chi connectivity index (χ3n) is 6.26. The molecule has 5 nitrogen and oxygen atoms in total. The van der Waals surface area contributed by atoms with E-state index in [1.807, 2.05) is 0 Å². The number of ether oxygens (including phenoxy) is 1. The Morgan fingerprint density at radius 2 is 1.83 bits per heavy atom. The number of rotatable bonds is 6. The second kappa shape index (κ2) is 8.39. The number of carbonyl (C=O) groups excluding carboxylic acids is 1. The summed E-state index contributed by atoms with van der Waals surface area (Å²) in [5, 5.41) is 6.73. The SMILES string of the molecule is COCC1(C(=O)NCC2(N3CCSCC3)CCCC2)CCNCC1. The lowest BCUT2D eigenvalue weighted by molar-refractivity contribution is -0.136. The van der Waals surface area contributed by atoms with Gasteiger partial charge in [-0.2, -0.15) is 11.8 Å². The number of carbonyl (C=O) groups is 1. The van der Waals surface area contributed by atoms with Crippen LogP contribution in [0.25, 0.3) is 0 Å². The first kappa shape index (κ1) is 18.5. The third kappa shape index (κ3) is 3.92. The van der Waals surface area contributed by atoms with Crippen molar-refractivity contribution in [2.75, 3.05) is 57.9 Å². The molecular formula is C18H33N3O2S. The molecule has 0 radical (unpaired) electrons. The molecule has 1 saturated carbocycles. The largest absolute Gasteiger partial charge is 0.384 e. The van der Waals surface area contributed by atoms with Crippen molar-refractivity contribution < 1.29 is 9.53 Å². The zero-order valence-corrected chi connectivity index (χ0v) is 15.9. The van der Waals surface area contributed by atoms with Gasteiger partial charge >= 0.3 is 0 Å². The average Bonchev–Trinajstić information content (AvgIpc) is 3.12. The van der Waals surface area contributed by atoms with E-state index in [2.05, 4.69) is 27.3 Å². The lowest BCUT2D eigenvalue weighted by Crippen LogP contribution is -2.59. The van der Waals surface area contributed by atoms with E-state index in [4.69, 9.17) is 4.74 Å². The molecular weight excluding hydrogens is 322 g/mol. The number of piperidine rings is 1. The van der Waals surface area contributed by atoms with Crippen LogP contribution in [0, 0.1) is 5.41 Å². The lowest BCUT2D eigenvalue weighted by atomic mass is 9.78. The van der Waals surface area contributed by atoms with Crippen LogP contribution in [0.5, 0.6) is 0 Å². The Morgan fingerprint density at radius 3 is 2.46 bits per heavy atom. The predicted molar refractivity (Wildman–Crippen MR) is 99.5 cm³/mol. The van der Waals surface area contributed by atoms with Crippen LogP contribution in [0.4, 0.5) is 0 Å². The van der Waals surface area contributed by atoms with Gasteiger partial charge in [0.15, 0.2) is 0 Å². The fourth-order valence-electron chi connectivity index (χ4n) is 4.73. The van der Waals surface area contributed by atoms with Crippen LogP contribution in [-0.4, -0.2) is 74.3 Å². The Hall–Kier alpha value is -0.300. The molecule has 0 spiro atoms. The second-order valence-electron chi connectivity index (χ2n) is 7.68. The van der Waals surface area contributed by atoms with Crippen molar-refractivity contribution in [3.05, 3.63) is 0 Å². The Labute approximate surface area is 150 Å². The maximum absolute atomic E-state index is 13.1. The molecule has 1 amide bonds. The Morgan fingerprint density at radius 1 is 1.17 bits per heavy atom. The lowest BCUT2D eigenvalue weighted by Gasteiger charge is -2.44. The molecule has 0 bridgehead atoms. The van der Waals surface area contributed by atoms with Crippen LogP contribution in [0.3, 0.4) is 0 Å². The van der Waals surface area contributed by atoms with Crippen molar-refractivity contribution in [3.8, 4) is 0 Å². The van der Waals surface area contributed by atoms with Crippen molar-refractivity contribution in [2.45, 2.75) is 44.1 Å². The first-order chi connectivity index (χ1) is 11.7. The summed E-state index contributed by atoms with van der Waals surface area (Å²) >= 11 is 2.06.